The lowest BCUT2D eigenvalue weighted by atomic mass is 9.99. The number of ether oxygens (including phenoxy) is 2. The number of benzene rings is 2. The van der Waals surface area contributed by atoms with Crippen molar-refractivity contribution in [2.45, 2.75) is 6.04 Å². The van der Waals surface area contributed by atoms with Gasteiger partial charge in [0, 0.05) is 11.6 Å². The number of amides is 1. The zero-order valence-corrected chi connectivity index (χ0v) is 17.0. The number of furan rings is 1. The van der Waals surface area contributed by atoms with Gasteiger partial charge in [0.1, 0.15) is 29.2 Å². The van der Waals surface area contributed by atoms with Crippen LogP contribution < -0.4 is 14.4 Å². The van der Waals surface area contributed by atoms with E-state index in [9.17, 15) is 23.5 Å². The summed E-state index contributed by atoms with van der Waals surface area (Å²) in [4.78, 5) is 26.6. The molecule has 0 spiro atoms. The Morgan fingerprint density at radius 2 is 1.78 bits per heavy atom. The highest BCUT2D eigenvalue weighted by atomic mass is 19.1. The predicted octanol–water partition coefficient (Wildman–Crippen LogP) is 4.20. The van der Waals surface area contributed by atoms with Gasteiger partial charge in [-0.25, -0.2) is 8.78 Å². The Hall–Kier alpha value is -4.14. The summed E-state index contributed by atoms with van der Waals surface area (Å²) in [6.07, 6.45) is 1.30. The van der Waals surface area contributed by atoms with Crippen molar-refractivity contribution in [2.24, 2.45) is 0 Å². The average Bonchev–Trinajstić information content (AvgIpc) is 3.41. The third-order valence-electron chi connectivity index (χ3n) is 5.08. The molecule has 7 nitrogen and oxygen atoms in total. The van der Waals surface area contributed by atoms with Gasteiger partial charge in [0.25, 0.3) is 11.7 Å². The van der Waals surface area contributed by atoms with E-state index in [0.717, 1.165) is 23.1 Å². The van der Waals surface area contributed by atoms with Crippen molar-refractivity contribution in [2.75, 3.05) is 19.1 Å². The molecule has 32 heavy (non-hydrogen) atoms. The van der Waals surface area contributed by atoms with Gasteiger partial charge in [-0.2, -0.15) is 0 Å². The number of carbonyl (C=O) groups is 2. The second-order valence-corrected chi connectivity index (χ2v) is 6.85. The van der Waals surface area contributed by atoms with Crippen molar-refractivity contribution in [1.82, 2.24) is 0 Å². The number of hydrogen-bond acceptors (Lipinski definition) is 6. The third-order valence-corrected chi connectivity index (χ3v) is 5.08. The molecular weight excluding hydrogens is 424 g/mol. The number of halogens is 2. The smallest absolute Gasteiger partial charge is 0.300 e. The quantitative estimate of drug-likeness (QED) is 0.363. The molecule has 2 aromatic carbocycles. The van der Waals surface area contributed by atoms with Crippen LogP contribution in [0, 0.1) is 11.6 Å². The van der Waals surface area contributed by atoms with Crippen molar-refractivity contribution in [1.29, 1.82) is 0 Å². The Labute approximate surface area is 181 Å². The molecule has 0 saturated carbocycles. The van der Waals surface area contributed by atoms with Gasteiger partial charge in [-0.1, -0.05) is 0 Å². The van der Waals surface area contributed by atoms with E-state index in [1.54, 1.807) is 0 Å². The van der Waals surface area contributed by atoms with Gasteiger partial charge < -0.3 is 19.0 Å². The molecule has 0 radical (unpaired) electrons. The lowest BCUT2D eigenvalue weighted by Crippen LogP contribution is -2.30. The van der Waals surface area contributed by atoms with Gasteiger partial charge in [0.05, 0.1) is 31.7 Å². The number of rotatable bonds is 5. The molecule has 3 aromatic rings. The van der Waals surface area contributed by atoms with Crippen LogP contribution >= 0.6 is 0 Å². The molecule has 1 atom stereocenters. The normalized spacial score (nSPS) is 17.6. The fourth-order valence-corrected chi connectivity index (χ4v) is 3.61. The summed E-state index contributed by atoms with van der Waals surface area (Å²) in [5, 5.41) is 11.0. The highest BCUT2D eigenvalue weighted by molar-refractivity contribution is 6.51. The van der Waals surface area contributed by atoms with Crippen LogP contribution in [-0.2, 0) is 9.59 Å². The minimum Gasteiger partial charge on any atom is -0.507 e. The first-order valence-electron chi connectivity index (χ1n) is 9.39. The Balaban J connectivity index is 1.94. The van der Waals surface area contributed by atoms with Crippen molar-refractivity contribution >= 4 is 23.1 Å². The molecule has 1 N–H and O–H groups in total. The summed E-state index contributed by atoms with van der Waals surface area (Å²) >= 11 is 0. The number of carbonyl (C=O) groups excluding carboxylic acids is 2. The van der Waals surface area contributed by atoms with Crippen LogP contribution in [0.15, 0.2) is 64.8 Å². The summed E-state index contributed by atoms with van der Waals surface area (Å²) in [7, 11) is 2.84. The maximum atomic E-state index is 14.6. The van der Waals surface area contributed by atoms with Crippen molar-refractivity contribution in [3.05, 3.63) is 83.3 Å². The molecule has 1 amide bonds. The summed E-state index contributed by atoms with van der Waals surface area (Å²) in [5.41, 5.74) is -0.655. The first-order valence-corrected chi connectivity index (χ1v) is 9.39. The van der Waals surface area contributed by atoms with Crippen molar-refractivity contribution < 1.29 is 37.4 Å². The summed E-state index contributed by atoms with van der Waals surface area (Å²) < 4.78 is 44.2. The molecule has 9 heteroatoms. The first-order chi connectivity index (χ1) is 15.4. The van der Waals surface area contributed by atoms with Crippen molar-refractivity contribution in [3.8, 4) is 11.5 Å². The Morgan fingerprint density at radius 3 is 2.44 bits per heavy atom. The van der Waals surface area contributed by atoms with Crippen LogP contribution in [0.3, 0.4) is 0 Å². The van der Waals surface area contributed by atoms with Crippen LogP contribution in [0.25, 0.3) is 5.76 Å². The van der Waals surface area contributed by atoms with Crippen LogP contribution in [0.5, 0.6) is 11.5 Å². The summed E-state index contributed by atoms with van der Waals surface area (Å²) in [6, 6.07) is 8.57. The molecule has 0 aliphatic carbocycles. The van der Waals surface area contributed by atoms with Gasteiger partial charge in [-0.05, 0) is 42.5 Å². The highest BCUT2D eigenvalue weighted by Crippen LogP contribution is 2.43. The second kappa shape index (κ2) is 8.18. The van der Waals surface area contributed by atoms with Crippen LogP contribution in [-0.4, -0.2) is 31.0 Å². The molecule has 0 bridgehead atoms. The molecular formula is C23H17F2NO6. The van der Waals surface area contributed by atoms with E-state index in [0.29, 0.717) is 5.75 Å². The molecule has 1 aliphatic heterocycles. The fraction of sp³-hybridized carbons (Fsp3) is 0.130. The van der Waals surface area contributed by atoms with Crippen LogP contribution in [0.1, 0.15) is 17.4 Å². The van der Waals surface area contributed by atoms with Gasteiger partial charge >= 0.3 is 0 Å². The average molecular weight is 441 g/mol. The number of nitrogens with zero attached hydrogens (tertiary/aromatic N) is 1. The van der Waals surface area contributed by atoms with E-state index in [-0.39, 0.29) is 22.6 Å². The number of hydrogen-bond donors (Lipinski definition) is 1. The third kappa shape index (κ3) is 3.37. The first kappa shape index (κ1) is 21.1. The molecule has 2 heterocycles. The molecule has 1 fully saturated rings. The maximum absolute atomic E-state index is 14.6. The van der Waals surface area contributed by atoms with E-state index in [2.05, 4.69) is 0 Å². The highest BCUT2D eigenvalue weighted by Gasteiger charge is 2.49. The number of ketones is 1. The van der Waals surface area contributed by atoms with Gasteiger partial charge in [-0.3, -0.25) is 14.5 Å². The second-order valence-electron chi connectivity index (χ2n) is 6.85. The van der Waals surface area contributed by atoms with Gasteiger partial charge in [0.15, 0.2) is 11.5 Å². The Bertz CT molecular complexity index is 1240. The number of methoxy groups -OCH3 is 2. The van der Waals surface area contributed by atoms with Crippen molar-refractivity contribution in [3.63, 3.8) is 0 Å². The topological polar surface area (TPSA) is 89.2 Å². The van der Waals surface area contributed by atoms with E-state index < -0.39 is 40.8 Å². The van der Waals surface area contributed by atoms with E-state index in [1.165, 1.54) is 50.8 Å². The van der Waals surface area contributed by atoms with Crippen LogP contribution in [0.4, 0.5) is 14.5 Å². The minimum absolute atomic E-state index is 0.0786. The van der Waals surface area contributed by atoms with E-state index in [4.69, 9.17) is 13.9 Å². The zero-order valence-electron chi connectivity index (χ0n) is 17.0. The minimum atomic E-state index is -1.32. The number of anilines is 1. The lowest BCUT2D eigenvalue weighted by Gasteiger charge is -2.23. The largest absolute Gasteiger partial charge is 0.507 e. The standard InChI is InChI=1S/C23H17F2NO6/c1-30-16-8-5-12(10-18(16)31-2)21(27)19-20(17-4-3-9-32-17)26(23(29)22(19)28)15-11-13(24)6-7-14(15)25/h3-11,20,27H,1-2H3/b21-19-. The fourth-order valence-electron chi connectivity index (χ4n) is 3.61. The molecule has 1 aromatic heterocycles. The molecule has 1 unspecified atom stereocenters. The monoisotopic (exact) mass is 441 g/mol. The lowest BCUT2D eigenvalue weighted by molar-refractivity contribution is -0.132. The Morgan fingerprint density at radius 1 is 1.03 bits per heavy atom. The maximum Gasteiger partial charge on any atom is 0.300 e. The Kier molecular flexibility index (Phi) is 5.40. The molecule has 164 valence electrons. The zero-order chi connectivity index (χ0) is 23.0. The van der Waals surface area contributed by atoms with E-state index >= 15 is 0 Å². The number of Topliss-reactive ketones (excluding diaryl/α,β-unsaturated/α-hetero) is 1. The number of aliphatic hydroxyl groups excluding tert-OH is 1. The van der Waals surface area contributed by atoms with Gasteiger partial charge in [-0.15, -0.1) is 0 Å². The molecule has 1 saturated heterocycles. The van der Waals surface area contributed by atoms with Crippen LogP contribution in [0.2, 0.25) is 0 Å². The van der Waals surface area contributed by atoms with Gasteiger partial charge in [0.2, 0.25) is 0 Å². The van der Waals surface area contributed by atoms with E-state index in [1.807, 2.05) is 0 Å². The number of aliphatic hydroxyl groups is 1. The summed E-state index contributed by atoms with van der Waals surface area (Å²) in [5.74, 6) is -3.75. The predicted molar refractivity (Wildman–Crippen MR) is 109 cm³/mol. The molecule has 4 rings (SSSR count). The SMILES string of the molecule is COc1ccc(/C(O)=C2/C(=O)C(=O)N(c3cc(F)ccc3F)C2c2ccco2)cc1OC. The summed E-state index contributed by atoms with van der Waals surface area (Å²) in [6.45, 7) is 0. The molecule has 1 aliphatic rings.